The molecule has 0 fully saturated rings. The van der Waals surface area contributed by atoms with Crippen molar-refractivity contribution in [2.75, 3.05) is 14.2 Å². The van der Waals surface area contributed by atoms with Crippen molar-refractivity contribution < 1.29 is 19.0 Å². The molecule has 0 spiro atoms. The van der Waals surface area contributed by atoms with Crippen LogP contribution >= 0.6 is 0 Å². The molecule has 0 aliphatic carbocycles. The number of nitrogens with zero attached hydrogens (tertiary/aromatic N) is 1. The number of allylic oxidation sites excluding steroid dienone is 1. The fourth-order valence-corrected chi connectivity index (χ4v) is 3.37. The van der Waals surface area contributed by atoms with Gasteiger partial charge in [-0.1, -0.05) is 18.2 Å². The van der Waals surface area contributed by atoms with Crippen LogP contribution < -0.4 is 9.47 Å². The van der Waals surface area contributed by atoms with E-state index in [1.807, 2.05) is 42.6 Å². The van der Waals surface area contributed by atoms with Gasteiger partial charge in [-0.25, -0.2) is 0 Å². The Morgan fingerprint density at radius 3 is 2.58 bits per heavy atom. The molecule has 5 nitrogen and oxygen atoms in total. The molecule has 132 valence electrons. The molecular weight excluding hydrogens is 330 g/mol. The molecule has 1 aliphatic heterocycles. The summed E-state index contributed by atoms with van der Waals surface area (Å²) < 4.78 is 19.1. The lowest BCUT2D eigenvalue weighted by molar-refractivity contribution is -0.112. The van der Waals surface area contributed by atoms with Crippen LogP contribution in [0.3, 0.4) is 0 Å². The van der Waals surface area contributed by atoms with Crippen molar-refractivity contribution in [1.82, 2.24) is 4.57 Å². The Morgan fingerprint density at radius 1 is 1.12 bits per heavy atom. The minimum Gasteiger partial charge on any atom is -0.493 e. The molecule has 1 aromatic heterocycles. The molecule has 1 unspecified atom stereocenters. The third kappa shape index (κ3) is 2.52. The summed E-state index contributed by atoms with van der Waals surface area (Å²) in [7, 11) is 3.19. The number of carbonyl (C=O) groups excluding carboxylic acids is 1. The molecule has 0 radical (unpaired) electrons. The summed E-state index contributed by atoms with van der Waals surface area (Å²) in [6.07, 6.45) is 3.12. The molecule has 5 heteroatoms. The molecule has 3 aromatic rings. The minimum atomic E-state index is -0.379. The van der Waals surface area contributed by atoms with Gasteiger partial charge in [-0.2, -0.15) is 0 Å². The van der Waals surface area contributed by atoms with Gasteiger partial charge >= 0.3 is 0 Å². The molecule has 0 N–H and O–H groups in total. The first-order valence-corrected chi connectivity index (χ1v) is 8.33. The highest BCUT2D eigenvalue weighted by molar-refractivity contribution is 5.95. The van der Waals surface area contributed by atoms with Crippen molar-refractivity contribution in [2.24, 2.45) is 0 Å². The molecule has 2 heterocycles. The number of hydrogen-bond acceptors (Lipinski definition) is 4. The van der Waals surface area contributed by atoms with Gasteiger partial charge in [-0.15, -0.1) is 0 Å². The van der Waals surface area contributed by atoms with Gasteiger partial charge in [0, 0.05) is 23.4 Å². The van der Waals surface area contributed by atoms with Crippen LogP contribution in [0.5, 0.6) is 11.5 Å². The van der Waals surface area contributed by atoms with Crippen molar-refractivity contribution in [3.8, 4) is 11.5 Å². The molecule has 1 aliphatic rings. The second-order valence-electron chi connectivity index (χ2n) is 6.17. The number of rotatable bonds is 4. The molecule has 1 atom stereocenters. The van der Waals surface area contributed by atoms with Gasteiger partial charge in [0.15, 0.2) is 17.3 Å². The summed E-state index contributed by atoms with van der Waals surface area (Å²) in [5, 5.41) is 1.13. The van der Waals surface area contributed by atoms with Crippen molar-refractivity contribution in [3.05, 3.63) is 65.9 Å². The SMILES string of the molecule is COc1cc2c(cc1OC)C(n1ccc3ccccc31)O/C2=C\C(C)=O. The summed E-state index contributed by atoms with van der Waals surface area (Å²) in [6, 6.07) is 13.9. The number of hydrogen-bond donors (Lipinski definition) is 0. The fourth-order valence-electron chi connectivity index (χ4n) is 3.37. The van der Waals surface area contributed by atoms with Crippen molar-refractivity contribution in [3.63, 3.8) is 0 Å². The first-order chi connectivity index (χ1) is 12.6. The van der Waals surface area contributed by atoms with Gasteiger partial charge in [-0.05, 0) is 36.6 Å². The zero-order valence-electron chi connectivity index (χ0n) is 14.9. The number of methoxy groups -OCH3 is 2. The Labute approximate surface area is 151 Å². The predicted molar refractivity (Wildman–Crippen MR) is 99.4 cm³/mol. The van der Waals surface area contributed by atoms with Crippen molar-refractivity contribution in [2.45, 2.75) is 13.2 Å². The molecule has 4 rings (SSSR count). The quantitative estimate of drug-likeness (QED) is 0.664. The predicted octanol–water partition coefficient (Wildman–Crippen LogP) is 4.17. The van der Waals surface area contributed by atoms with Gasteiger partial charge < -0.3 is 18.8 Å². The molecular formula is C21H19NO4. The standard InChI is InChI=1S/C21H19NO4/c1-13(23)10-18-15-11-19(24-2)20(25-3)12-16(15)21(26-18)22-9-8-14-6-4-5-7-17(14)22/h4-12,21H,1-3H3/b18-10-. The van der Waals surface area contributed by atoms with Crippen LogP contribution in [0.25, 0.3) is 16.7 Å². The van der Waals surface area contributed by atoms with Crippen molar-refractivity contribution >= 4 is 22.4 Å². The van der Waals surface area contributed by atoms with Gasteiger partial charge in [0.25, 0.3) is 0 Å². The Balaban J connectivity index is 1.93. The third-order valence-electron chi connectivity index (χ3n) is 4.54. The van der Waals surface area contributed by atoms with Crippen LogP contribution in [-0.4, -0.2) is 24.6 Å². The zero-order valence-corrected chi connectivity index (χ0v) is 14.9. The van der Waals surface area contributed by atoms with E-state index in [-0.39, 0.29) is 12.0 Å². The number of ether oxygens (including phenoxy) is 3. The Hall–Kier alpha value is -3.21. The second-order valence-corrected chi connectivity index (χ2v) is 6.17. The van der Waals surface area contributed by atoms with Crippen LogP contribution in [-0.2, 0) is 9.53 Å². The van der Waals surface area contributed by atoms with E-state index < -0.39 is 0 Å². The third-order valence-corrected chi connectivity index (χ3v) is 4.54. The van der Waals surface area contributed by atoms with Gasteiger partial charge in [0.2, 0.25) is 6.23 Å². The van der Waals surface area contributed by atoms with E-state index in [2.05, 4.69) is 10.6 Å². The van der Waals surface area contributed by atoms with Crippen LogP contribution in [0.1, 0.15) is 24.3 Å². The lowest BCUT2D eigenvalue weighted by Crippen LogP contribution is -2.08. The van der Waals surface area contributed by atoms with E-state index in [4.69, 9.17) is 14.2 Å². The first-order valence-electron chi connectivity index (χ1n) is 8.33. The molecule has 2 aromatic carbocycles. The largest absolute Gasteiger partial charge is 0.493 e. The maximum Gasteiger partial charge on any atom is 0.203 e. The Bertz CT molecular complexity index is 1030. The lowest BCUT2D eigenvalue weighted by Gasteiger charge is -2.16. The number of para-hydroxylation sites is 1. The number of ketones is 1. The monoisotopic (exact) mass is 349 g/mol. The maximum absolute atomic E-state index is 11.7. The summed E-state index contributed by atoms with van der Waals surface area (Å²) in [6.45, 7) is 1.51. The van der Waals surface area contributed by atoms with Gasteiger partial charge in [-0.3, -0.25) is 4.79 Å². The lowest BCUT2D eigenvalue weighted by atomic mass is 10.0. The second kappa shape index (κ2) is 6.26. The number of carbonyl (C=O) groups is 1. The fraction of sp³-hybridized carbons (Fsp3) is 0.190. The topological polar surface area (TPSA) is 49.7 Å². The normalized spacial score (nSPS) is 17.2. The van der Waals surface area contributed by atoms with E-state index in [1.165, 1.54) is 13.0 Å². The van der Waals surface area contributed by atoms with Crippen LogP contribution in [0, 0.1) is 0 Å². The smallest absolute Gasteiger partial charge is 0.203 e. The van der Waals surface area contributed by atoms with Crippen LogP contribution in [0.15, 0.2) is 54.7 Å². The van der Waals surface area contributed by atoms with E-state index in [0.29, 0.717) is 17.3 Å². The van der Waals surface area contributed by atoms with Crippen molar-refractivity contribution in [1.29, 1.82) is 0 Å². The van der Waals surface area contributed by atoms with E-state index in [0.717, 1.165) is 22.0 Å². The summed E-state index contributed by atoms with van der Waals surface area (Å²) in [5.74, 6) is 1.69. The van der Waals surface area contributed by atoms with E-state index in [1.54, 1.807) is 14.2 Å². The van der Waals surface area contributed by atoms with Gasteiger partial charge in [0.05, 0.1) is 19.7 Å². The number of aromatic nitrogens is 1. The molecule has 26 heavy (non-hydrogen) atoms. The highest BCUT2D eigenvalue weighted by Crippen LogP contribution is 2.45. The maximum atomic E-state index is 11.7. The highest BCUT2D eigenvalue weighted by atomic mass is 16.5. The van der Waals surface area contributed by atoms with E-state index in [9.17, 15) is 4.79 Å². The summed E-state index contributed by atoms with van der Waals surface area (Å²) in [5.41, 5.74) is 2.82. The summed E-state index contributed by atoms with van der Waals surface area (Å²) >= 11 is 0. The molecule has 0 saturated heterocycles. The molecule has 0 saturated carbocycles. The zero-order chi connectivity index (χ0) is 18.3. The van der Waals surface area contributed by atoms with E-state index >= 15 is 0 Å². The molecule has 0 bridgehead atoms. The average Bonchev–Trinajstić information content (AvgIpc) is 3.21. The van der Waals surface area contributed by atoms with Gasteiger partial charge in [0.1, 0.15) is 5.76 Å². The van der Waals surface area contributed by atoms with Crippen LogP contribution in [0.2, 0.25) is 0 Å². The first kappa shape index (κ1) is 16.3. The van der Waals surface area contributed by atoms with Crippen LogP contribution in [0.4, 0.5) is 0 Å². The number of benzene rings is 2. The summed E-state index contributed by atoms with van der Waals surface area (Å²) in [4.78, 5) is 11.7. The highest BCUT2D eigenvalue weighted by Gasteiger charge is 2.32. The molecule has 0 amide bonds. The Morgan fingerprint density at radius 2 is 1.85 bits per heavy atom. The number of fused-ring (bicyclic) bond motifs is 2. The average molecular weight is 349 g/mol. The minimum absolute atomic E-state index is 0.0706. The Kier molecular flexibility index (Phi) is 3.92.